The van der Waals surface area contributed by atoms with E-state index in [1.54, 1.807) is 0 Å². The minimum atomic E-state index is 0.488. The number of rotatable bonds is 7. The lowest BCUT2D eigenvalue weighted by atomic mass is 10.1. The molecule has 0 aliphatic rings. The van der Waals surface area contributed by atoms with Crippen molar-refractivity contribution in [3.63, 3.8) is 0 Å². The molecule has 1 N–H and O–H groups in total. The number of hydrogen-bond acceptors (Lipinski definition) is 3. The molecule has 0 aromatic heterocycles. The van der Waals surface area contributed by atoms with Gasteiger partial charge in [-0.05, 0) is 38.1 Å². The second-order valence-electron chi connectivity index (χ2n) is 5.13. The number of hydrogen-bond donors (Lipinski definition) is 1. The van der Waals surface area contributed by atoms with Crippen LogP contribution in [0.5, 0.6) is 11.5 Å². The summed E-state index contributed by atoms with van der Waals surface area (Å²) in [6.07, 6.45) is 0. The third-order valence-electron chi connectivity index (χ3n) is 3.29. The topological polar surface area (TPSA) is 30.5 Å². The number of aryl methyl sites for hydroxylation is 1. The van der Waals surface area contributed by atoms with Crippen molar-refractivity contribution in [2.45, 2.75) is 27.0 Å². The van der Waals surface area contributed by atoms with Gasteiger partial charge in [0.1, 0.15) is 6.61 Å². The zero-order valence-electron chi connectivity index (χ0n) is 13.3. The first-order valence-corrected chi connectivity index (χ1v) is 7.80. The van der Waals surface area contributed by atoms with Crippen molar-refractivity contribution in [1.29, 1.82) is 0 Å². The van der Waals surface area contributed by atoms with E-state index >= 15 is 0 Å². The standard InChI is InChI=1S/C18H22ClNO2/c1-4-21-17-9-15(11-20-3)16(19)10-18(17)22-12-14-7-5-13(2)6-8-14/h5-10,20H,4,11-12H2,1-3H3. The lowest BCUT2D eigenvalue weighted by Crippen LogP contribution is -2.07. The molecule has 0 saturated heterocycles. The van der Waals surface area contributed by atoms with Gasteiger partial charge in [0, 0.05) is 17.6 Å². The van der Waals surface area contributed by atoms with Crippen molar-refractivity contribution < 1.29 is 9.47 Å². The largest absolute Gasteiger partial charge is 0.490 e. The van der Waals surface area contributed by atoms with Gasteiger partial charge >= 0.3 is 0 Å². The number of benzene rings is 2. The molecule has 2 aromatic rings. The summed E-state index contributed by atoms with van der Waals surface area (Å²) in [6, 6.07) is 12.0. The number of ether oxygens (including phenoxy) is 2. The van der Waals surface area contributed by atoms with Crippen LogP contribution in [0.15, 0.2) is 36.4 Å². The lowest BCUT2D eigenvalue weighted by Gasteiger charge is -2.15. The highest BCUT2D eigenvalue weighted by Gasteiger charge is 2.11. The fourth-order valence-electron chi connectivity index (χ4n) is 2.13. The summed E-state index contributed by atoms with van der Waals surface area (Å²) < 4.78 is 11.6. The highest BCUT2D eigenvalue weighted by molar-refractivity contribution is 6.31. The van der Waals surface area contributed by atoms with Gasteiger partial charge in [-0.1, -0.05) is 41.4 Å². The Kier molecular flexibility index (Phi) is 6.10. The molecule has 0 amide bonds. The van der Waals surface area contributed by atoms with Crippen LogP contribution in [0.25, 0.3) is 0 Å². The maximum absolute atomic E-state index is 6.31. The highest BCUT2D eigenvalue weighted by atomic mass is 35.5. The quantitative estimate of drug-likeness (QED) is 0.823. The molecule has 0 aliphatic carbocycles. The van der Waals surface area contributed by atoms with Crippen LogP contribution in [0, 0.1) is 6.92 Å². The van der Waals surface area contributed by atoms with E-state index in [9.17, 15) is 0 Å². The first kappa shape index (κ1) is 16.7. The molecule has 0 radical (unpaired) electrons. The first-order valence-electron chi connectivity index (χ1n) is 7.42. The number of nitrogens with one attached hydrogen (secondary N) is 1. The van der Waals surface area contributed by atoms with E-state index in [1.165, 1.54) is 5.56 Å². The Morgan fingerprint density at radius 2 is 1.73 bits per heavy atom. The van der Waals surface area contributed by atoms with Crippen LogP contribution in [0.2, 0.25) is 5.02 Å². The Morgan fingerprint density at radius 1 is 1.05 bits per heavy atom. The summed E-state index contributed by atoms with van der Waals surface area (Å²) in [7, 11) is 1.89. The summed E-state index contributed by atoms with van der Waals surface area (Å²) in [5, 5.41) is 3.77. The summed E-state index contributed by atoms with van der Waals surface area (Å²) in [5.41, 5.74) is 3.34. The smallest absolute Gasteiger partial charge is 0.163 e. The summed E-state index contributed by atoms with van der Waals surface area (Å²) in [5.74, 6) is 1.40. The van der Waals surface area contributed by atoms with Crippen LogP contribution in [0.3, 0.4) is 0 Å². The van der Waals surface area contributed by atoms with Gasteiger partial charge < -0.3 is 14.8 Å². The minimum absolute atomic E-state index is 0.488. The van der Waals surface area contributed by atoms with Crippen LogP contribution in [-0.2, 0) is 13.2 Å². The monoisotopic (exact) mass is 319 g/mol. The van der Waals surface area contributed by atoms with E-state index in [0.29, 0.717) is 30.5 Å². The van der Waals surface area contributed by atoms with E-state index in [-0.39, 0.29) is 0 Å². The van der Waals surface area contributed by atoms with Crippen molar-refractivity contribution >= 4 is 11.6 Å². The molecule has 0 aliphatic heterocycles. The Balaban J connectivity index is 2.17. The van der Waals surface area contributed by atoms with E-state index in [4.69, 9.17) is 21.1 Å². The van der Waals surface area contributed by atoms with E-state index in [2.05, 4.69) is 36.5 Å². The van der Waals surface area contributed by atoms with Gasteiger partial charge in [0.2, 0.25) is 0 Å². The van der Waals surface area contributed by atoms with Crippen molar-refractivity contribution in [2.75, 3.05) is 13.7 Å². The summed E-state index contributed by atoms with van der Waals surface area (Å²) >= 11 is 6.31. The van der Waals surface area contributed by atoms with Gasteiger partial charge in [0.05, 0.1) is 6.61 Å². The second-order valence-corrected chi connectivity index (χ2v) is 5.54. The van der Waals surface area contributed by atoms with Crippen molar-refractivity contribution in [3.05, 3.63) is 58.1 Å². The normalized spacial score (nSPS) is 10.5. The van der Waals surface area contributed by atoms with Gasteiger partial charge in [-0.25, -0.2) is 0 Å². The Bertz CT molecular complexity index is 611. The Hall–Kier alpha value is -1.71. The molecular weight excluding hydrogens is 298 g/mol. The number of halogens is 1. The third-order valence-corrected chi connectivity index (χ3v) is 3.65. The maximum Gasteiger partial charge on any atom is 0.163 e. The molecule has 0 saturated carbocycles. The van der Waals surface area contributed by atoms with Crippen molar-refractivity contribution in [1.82, 2.24) is 5.32 Å². The molecule has 2 rings (SSSR count). The molecule has 2 aromatic carbocycles. The molecule has 0 atom stereocenters. The average molecular weight is 320 g/mol. The summed E-state index contributed by atoms with van der Waals surface area (Å²) in [4.78, 5) is 0. The zero-order valence-corrected chi connectivity index (χ0v) is 14.0. The van der Waals surface area contributed by atoms with Crippen LogP contribution >= 0.6 is 11.6 Å². The van der Waals surface area contributed by atoms with Gasteiger partial charge in [-0.2, -0.15) is 0 Å². The highest BCUT2D eigenvalue weighted by Crippen LogP contribution is 2.34. The Labute approximate surface area is 137 Å². The van der Waals surface area contributed by atoms with Crippen LogP contribution in [0.1, 0.15) is 23.6 Å². The third kappa shape index (κ3) is 4.39. The minimum Gasteiger partial charge on any atom is -0.490 e. The molecule has 0 bridgehead atoms. The molecule has 0 unspecified atom stereocenters. The molecule has 22 heavy (non-hydrogen) atoms. The van der Waals surface area contributed by atoms with Gasteiger partial charge in [0.25, 0.3) is 0 Å². The van der Waals surface area contributed by atoms with Crippen LogP contribution < -0.4 is 14.8 Å². The van der Waals surface area contributed by atoms with Gasteiger partial charge in [0.15, 0.2) is 11.5 Å². The fourth-order valence-corrected chi connectivity index (χ4v) is 2.35. The van der Waals surface area contributed by atoms with E-state index < -0.39 is 0 Å². The second kappa shape index (κ2) is 8.06. The van der Waals surface area contributed by atoms with Gasteiger partial charge in [-0.15, -0.1) is 0 Å². The molecule has 4 heteroatoms. The molecule has 3 nitrogen and oxygen atoms in total. The predicted molar refractivity (Wildman–Crippen MR) is 90.9 cm³/mol. The van der Waals surface area contributed by atoms with Crippen LogP contribution in [-0.4, -0.2) is 13.7 Å². The molecule has 0 fully saturated rings. The predicted octanol–water partition coefficient (Wildman–Crippen LogP) is 4.35. The fraction of sp³-hybridized carbons (Fsp3) is 0.333. The zero-order chi connectivity index (χ0) is 15.9. The van der Waals surface area contributed by atoms with E-state index in [0.717, 1.165) is 16.9 Å². The molecule has 0 spiro atoms. The Morgan fingerprint density at radius 3 is 2.36 bits per heavy atom. The van der Waals surface area contributed by atoms with Crippen molar-refractivity contribution in [2.24, 2.45) is 0 Å². The lowest BCUT2D eigenvalue weighted by molar-refractivity contribution is 0.269. The molecule has 118 valence electrons. The maximum atomic E-state index is 6.31. The average Bonchev–Trinajstić information content (AvgIpc) is 2.51. The summed E-state index contributed by atoms with van der Waals surface area (Å²) in [6.45, 7) is 5.79. The SMILES string of the molecule is CCOc1cc(CNC)c(Cl)cc1OCc1ccc(C)cc1. The van der Waals surface area contributed by atoms with Crippen LogP contribution in [0.4, 0.5) is 0 Å². The van der Waals surface area contributed by atoms with E-state index in [1.807, 2.05) is 26.1 Å². The molecular formula is C18H22ClNO2. The molecule has 0 heterocycles. The van der Waals surface area contributed by atoms with Gasteiger partial charge in [-0.3, -0.25) is 0 Å². The first-order chi connectivity index (χ1) is 10.6. The van der Waals surface area contributed by atoms with Crippen molar-refractivity contribution in [3.8, 4) is 11.5 Å².